The average Bonchev–Trinajstić information content (AvgIpc) is 2.28. The molecule has 1 atom stereocenters. The largest absolute Gasteiger partial charge is 0.368 e. The molecule has 1 aromatic rings. The van der Waals surface area contributed by atoms with E-state index in [1.165, 1.54) is 11.8 Å². The maximum absolute atomic E-state index is 11.2. The van der Waals surface area contributed by atoms with Gasteiger partial charge in [-0.05, 0) is 12.5 Å². The van der Waals surface area contributed by atoms with Gasteiger partial charge >= 0.3 is 0 Å². The van der Waals surface area contributed by atoms with Gasteiger partial charge in [-0.2, -0.15) is 0 Å². The Balaban J connectivity index is 2.35. The monoisotopic (exact) mass is 254 g/mol. The van der Waals surface area contributed by atoms with Crippen LogP contribution in [-0.2, 0) is 4.79 Å². The van der Waals surface area contributed by atoms with Crippen molar-refractivity contribution in [3.05, 3.63) is 18.5 Å². The number of hydrogen-bond donors (Lipinski definition) is 2. The predicted octanol–water partition coefficient (Wildman–Crippen LogP) is 0.811. The lowest BCUT2D eigenvalue weighted by molar-refractivity contribution is -0.120. The lowest BCUT2D eigenvalue weighted by Crippen LogP contribution is -2.44. The smallest absolute Gasteiger partial charge is 0.234 e. The van der Waals surface area contributed by atoms with Crippen molar-refractivity contribution >= 4 is 17.7 Å². The van der Waals surface area contributed by atoms with Crippen molar-refractivity contribution in [3.8, 4) is 0 Å². The molecule has 6 heteroatoms. The number of amides is 1. The summed E-state index contributed by atoms with van der Waals surface area (Å²) in [5.41, 5.74) is 5.32. The van der Waals surface area contributed by atoms with Crippen LogP contribution in [0.4, 0.5) is 0 Å². The van der Waals surface area contributed by atoms with Gasteiger partial charge in [0, 0.05) is 24.2 Å². The van der Waals surface area contributed by atoms with Crippen LogP contribution in [0.5, 0.6) is 0 Å². The lowest BCUT2D eigenvalue weighted by atomic mass is 10.2. The summed E-state index contributed by atoms with van der Waals surface area (Å²) in [6.45, 7) is 3.98. The van der Waals surface area contributed by atoms with Gasteiger partial charge in [0.05, 0.1) is 6.04 Å². The third kappa shape index (κ3) is 5.65. The fourth-order valence-electron chi connectivity index (χ4n) is 1.34. The van der Waals surface area contributed by atoms with Crippen LogP contribution >= 0.6 is 11.8 Å². The first-order valence-electron chi connectivity index (χ1n) is 5.54. The molecule has 1 unspecified atom stereocenters. The Morgan fingerprint density at radius 1 is 1.47 bits per heavy atom. The molecule has 3 N–H and O–H groups in total. The standard InChI is InChI=1S/C11H18N4OS/c1-8(2)15-9(10(12)16)4-7-17-11-13-5-3-6-14-11/h3,5-6,8-9,15H,4,7H2,1-2H3,(H2,12,16). The van der Waals surface area contributed by atoms with Crippen LogP contribution in [0, 0.1) is 0 Å². The van der Waals surface area contributed by atoms with E-state index in [0.29, 0.717) is 6.42 Å². The van der Waals surface area contributed by atoms with Gasteiger partial charge in [0.1, 0.15) is 0 Å². The molecule has 17 heavy (non-hydrogen) atoms. The summed E-state index contributed by atoms with van der Waals surface area (Å²) < 4.78 is 0. The van der Waals surface area contributed by atoms with Crippen LogP contribution in [0.2, 0.25) is 0 Å². The molecule has 0 aliphatic rings. The number of primary amides is 1. The number of carbonyl (C=O) groups is 1. The Morgan fingerprint density at radius 3 is 2.65 bits per heavy atom. The van der Waals surface area contributed by atoms with Gasteiger partial charge in [-0.25, -0.2) is 9.97 Å². The van der Waals surface area contributed by atoms with Crippen molar-refractivity contribution in [2.24, 2.45) is 5.73 Å². The highest BCUT2D eigenvalue weighted by Crippen LogP contribution is 2.13. The molecule has 94 valence electrons. The SMILES string of the molecule is CC(C)NC(CCSc1ncccn1)C(N)=O. The van der Waals surface area contributed by atoms with Crippen molar-refractivity contribution in [2.75, 3.05) is 5.75 Å². The zero-order valence-corrected chi connectivity index (χ0v) is 10.9. The van der Waals surface area contributed by atoms with E-state index in [4.69, 9.17) is 5.73 Å². The van der Waals surface area contributed by atoms with Crippen molar-refractivity contribution in [1.82, 2.24) is 15.3 Å². The van der Waals surface area contributed by atoms with E-state index in [1.807, 2.05) is 13.8 Å². The molecule has 0 fully saturated rings. The van der Waals surface area contributed by atoms with Crippen LogP contribution in [0.3, 0.4) is 0 Å². The second kappa shape index (κ2) is 7.24. The molecule has 0 aromatic carbocycles. The maximum atomic E-state index is 11.2. The van der Waals surface area contributed by atoms with Crippen molar-refractivity contribution in [3.63, 3.8) is 0 Å². The Labute approximate surface area is 106 Å². The van der Waals surface area contributed by atoms with Gasteiger partial charge in [-0.3, -0.25) is 4.79 Å². The van der Waals surface area contributed by atoms with Crippen LogP contribution in [0.15, 0.2) is 23.6 Å². The zero-order chi connectivity index (χ0) is 12.7. The van der Waals surface area contributed by atoms with Crippen LogP contribution in [0.1, 0.15) is 20.3 Å². The molecule has 0 bridgehead atoms. The average molecular weight is 254 g/mol. The minimum absolute atomic E-state index is 0.241. The Bertz CT molecular complexity index is 345. The minimum atomic E-state index is -0.312. The van der Waals surface area contributed by atoms with Gasteiger partial charge in [0.25, 0.3) is 0 Å². The van der Waals surface area contributed by atoms with Crippen molar-refractivity contribution in [1.29, 1.82) is 0 Å². The van der Waals surface area contributed by atoms with Crippen molar-refractivity contribution in [2.45, 2.75) is 37.5 Å². The highest BCUT2D eigenvalue weighted by atomic mass is 32.2. The molecule has 1 rings (SSSR count). The highest BCUT2D eigenvalue weighted by molar-refractivity contribution is 7.99. The number of rotatable bonds is 7. The fraction of sp³-hybridized carbons (Fsp3) is 0.545. The quantitative estimate of drug-likeness (QED) is 0.556. The summed E-state index contributed by atoms with van der Waals surface area (Å²) in [5, 5.41) is 3.86. The number of nitrogens with one attached hydrogen (secondary N) is 1. The summed E-state index contributed by atoms with van der Waals surface area (Å²) in [6, 6.07) is 1.73. The fourth-order valence-corrected chi connectivity index (χ4v) is 2.15. The molecule has 1 heterocycles. The topological polar surface area (TPSA) is 80.9 Å². The van der Waals surface area contributed by atoms with Gasteiger partial charge in [-0.1, -0.05) is 25.6 Å². The predicted molar refractivity (Wildman–Crippen MR) is 68.6 cm³/mol. The Hall–Kier alpha value is -1.14. The third-order valence-electron chi connectivity index (χ3n) is 2.06. The number of hydrogen-bond acceptors (Lipinski definition) is 5. The van der Waals surface area contributed by atoms with Gasteiger partial charge in [-0.15, -0.1) is 0 Å². The third-order valence-corrected chi connectivity index (χ3v) is 2.97. The van der Waals surface area contributed by atoms with Crippen LogP contribution < -0.4 is 11.1 Å². The van der Waals surface area contributed by atoms with Crippen LogP contribution in [-0.4, -0.2) is 33.7 Å². The summed E-state index contributed by atoms with van der Waals surface area (Å²) in [6.07, 6.45) is 4.08. The normalized spacial score (nSPS) is 12.6. The molecule has 0 aliphatic heterocycles. The van der Waals surface area contributed by atoms with E-state index in [0.717, 1.165) is 10.9 Å². The summed E-state index contributed by atoms with van der Waals surface area (Å²) >= 11 is 1.52. The first-order chi connectivity index (χ1) is 8.09. The lowest BCUT2D eigenvalue weighted by Gasteiger charge is -2.17. The molecular weight excluding hydrogens is 236 g/mol. The molecule has 0 radical (unpaired) electrons. The molecule has 0 saturated heterocycles. The van der Waals surface area contributed by atoms with E-state index in [-0.39, 0.29) is 18.0 Å². The highest BCUT2D eigenvalue weighted by Gasteiger charge is 2.15. The molecule has 1 amide bonds. The van der Waals surface area contributed by atoms with Crippen LogP contribution in [0.25, 0.3) is 0 Å². The summed E-state index contributed by atoms with van der Waals surface area (Å²) in [7, 11) is 0. The molecule has 0 saturated carbocycles. The van der Waals surface area contributed by atoms with Gasteiger partial charge in [0.2, 0.25) is 5.91 Å². The van der Waals surface area contributed by atoms with Gasteiger partial charge in [0.15, 0.2) is 5.16 Å². The van der Waals surface area contributed by atoms with E-state index < -0.39 is 0 Å². The van der Waals surface area contributed by atoms with Gasteiger partial charge < -0.3 is 11.1 Å². The number of aromatic nitrogens is 2. The number of nitrogens with zero attached hydrogens (tertiary/aromatic N) is 2. The second-order valence-electron chi connectivity index (χ2n) is 3.94. The molecule has 5 nitrogen and oxygen atoms in total. The molecule has 1 aromatic heterocycles. The molecule has 0 aliphatic carbocycles. The maximum Gasteiger partial charge on any atom is 0.234 e. The number of carbonyl (C=O) groups excluding carboxylic acids is 1. The summed E-state index contributed by atoms with van der Waals surface area (Å²) in [4.78, 5) is 19.4. The molecular formula is C11H18N4OS. The first kappa shape index (κ1) is 13.9. The van der Waals surface area contributed by atoms with Crippen molar-refractivity contribution < 1.29 is 4.79 Å². The summed E-state index contributed by atoms with van der Waals surface area (Å²) in [5.74, 6) is 0.449. The Kier molecular flexibility index (Phi) is 5.93. The zero-order valence-electron chi connectivity index (χ0n) is 10.1. The van der Waals surface area contributed by atoms with E-state index in [2.05, 4.69) is 15.3 Å². The van der Waals surface area contributed by atoms with E-state index in [9.17, 15) is 4.79 Å². The number of nitrogens with two attached hydrogens (primary N) is 1. The minimum Gasteiger partial charge on any atom is -0.368 e. The number of thioether (sulfide) groups is 1. The Morgan fingerprint density at radius 2 is 2.12 bits per heavy atom. The second-order valence-corrected chi connectivity index (χ2v) is 5.01. The first-order valence-corrected chi connectivity index (χ1v) is 6.53. The van der Waals surface area contributed by atoms with E-state index >= 15 is 0 Å². The van der Waals surface area contributed by atoms with E-state index in [1.54, 1.807) is 18.5 Å². The molecule has 0 spiro atoms.